The summed E-state index contributed by atoms with van der Waals surface area (Å²) in [6, 6.07) is 8.19. The second-order valence-corrected chi connectivity index (χ2v) is 4.12. The van der Waals surface area contributed by atoms with Crippen LogP contribution in [0.3, 0.4) is 0 Å². The number of hydrogen-bond acceptors (Lipinski definition) is 3. The maximum atomic E-state index is 13.7. The molecule has 5 heteroatoms. The molecule has 2 aromatic carbocycles. The second-order valence-electron chi connectivity index (χ2n) is 4.12. The highest BCUT2D eigenvalue weighted by Gasteiger charge is 2.24. The Bertz CT molecular complexity index is 594. The van der Waals surface area contributed by atoms with Gasteiger partial charge in [-0.25, -0.2) is 8.78 Å². The number of ether oxygens (including phenoxy) is 2. The van der Waals surface area contributed by atoms with Crippen molar-refractivity contribution < 1.29 is 23.4 Å². The van der Waals surface area contributed by atoms with Crippen molar-refractivity contribution in [2.45, 2.75) is 6.10 Å². The van der Waals surface area contributed by atoms with Gasteiger partial charge in [0.25, 0.3) is 0 Å². The van der Waals surface area contributed by atoms with Gasteiger partial charge in [-0.1, -0.05) is 18.2 Å². The highest BCUT2D eigenvalue weighted by atomic mass is 19.1. The maximum absolute atomic E-state index is 13.7. The van der Waals surface area contributed by atoms with Crippen molar-refractivity contribution in [2.24, 2.45) is 0 Å². The smallest absolute Gasteiger partial charge is 0.166 e. The van der Waals surface area contributed by atoms with Crippen molar-refractivity contribution >= 4 is 0 Å². The van der Waals surface area contributed by atoms with Crippen molar-refractivity contribution in [1.82, 2.24) is 0 Å². The van der Waals surface area contributed by atoms with E-state index in [1.165, 1.54) is 26.4 Å². The third-order valence-corrected chi connectivity index (χ3v) is 3.00. The zero-order chi connectivity index (χ0) is 14.7. The second kappa shape index (κ2) is 5.88. The monoisotopic (exact) mass is 280 g/mol. The maximum Gasteiger partial charge on any atom is 0.166 e. The standard InChI is InChI=1S/C15H14F2O3/c1-19-12-8-3-5-9(15(12)20-2)14(18)13-10(16)6-4-7-11(13)17/h3-8,14,18H,1-2H3. The van der Waals surface area contributed by atoms with Gasteiger partial charge >= 0.3 is 0 Å². The summed E-state index contributed by atoms with van der Waals surface area (Å²) in [4.78, 5) is 0. The molecule has 2 rings (SSSR count). The predicted molar refractivity (Wildman–Crippen MR) is 70.0 cm³/mol. The molecule has 0 aliphatic rings. The normalized spacial score (nSPS) is 12.1. The topological polar surface area (TPSA) is 38.7 Å². The molecule has 0 spiro atoms. The number of para-hydroxylation sites is 1. The lowest BCUT2D eigenvalue weighted by atomic mass is 9.99. The summed E-state index contributed by atoms with van der Waals surface area (Å²) in [5.74, 6) is -1.02. The summed E-state index contributed by atoms with van der Waals surface area (Å²) < 4.78 is 37.7. The Morgan fingerprint density at radius 3 is 2.10 bits per heavy atom. The van der Waals surface area contributed by atoms with E-state index < -0.39 is 23.3 Å². The van der Waals surface area contributed by atoms with E-state index in [1.54, 1.807) is 12.1 Å². The molecule has 0 amide bonds. The summed E-state index contributed by atoms with van der Waals surface area (Å²) >= 11 is 0. The molecule has 106 valence electrons. The highest BCUT2D eigenvalue weighted by molar-refractivity contribution is 5.50. The van der Waals surface area contributed by atoms with Gasteiger partial charge in [0.2, 0.25) is 0 Å². The van der Waals surface area contributed by atoms with E-state index in [-0.39, 0.29) is 11.3 Å². The van der Waals surface area contributed by atoms with Crippen LogP contribution in [0.5, 0.6) is 11.5 Å². The molecule has 0 aliphatic heterocycles. The van der Waals surface area contributed by atoms with Crippen molar-refractivity contribution in [3.63, 3.8) is 0 Å². The molecule has 1 atom stereocenters. The van der Waals surface area contributed by atoms with Crippen LogP contribution in [-0.4, -0.2) is 19.3 Å². The lowest BCUT2D eigenvalue weighted by Crippen LogP contribution is -2.08. The van der Waals surface area contributed by atoms with Crippen molar-refractivity contribution in [3.05, 3.63) is 59.2 Å². The van der Waals surface area contributed by atoms with Crippen molar-refractivity contribution in [3.8, 4) is 11.5 Å². The van der Waals surface area contributed by atoms with Gasteiger partial charge in [0.15, 0.2) is 11.5 Å². The minimum absolute atomic E-state index is 0.232. The molecule has 0 aromatic heterocycles. The number of aliphatic hydroxyl groups is 1. The van der Waals surface area contributed by atoms with Gasteiger partial charge < -0.3 is 14.6 Å². The number of rotatable bonds is 4. The molecule has 0 aliphatic carbocycles. The van der Waals surface area contributed by atoms with Gasteiger partial charge in [-0.15, -0.1) is 0 Å². The molecule has 0 radical (unpaired) electrons. The fourth-order valence-corrected chi connectivity index (χ4v) is 2.05. The van der Waals surface area contributed by atoms with E-state index in [0.717, 1.165) is 12.1 Å². The zero-order valence-corrected chi connectivity index (χ0v) is 11.1. The van der Waals surface area contributed by atoms with Crippen LogP contribution in [0.1, 0.15) is 17.2 Å². The first-order valence-corrected chi connectivity index (χ1v) is 5.93. The van der Waals surface area contributed by atoms with Crippen LogP contribution in [0.4, 0.5) is 8.78 Å². The Balaban J connectivity index is 2.56. The van der Waals surface area contributed by atoms with Gasteiger partial charge in [-0.3, -0.25) is 0 Å². The molecule has 0 fully saturated rings. The summed E-state index contributed by atoms with van der Waals surface area (Å²) in [7, 11) is 2.84. The molecule has 2 aromatic rings. The average molecular weight is 280 g/mol. The minimum Gasteiger partial charge on any atom is -0.493 e. The molecular formula is C15H14F2O3. The highest BCUT2D eigenvalue weighted by Crippen LogP contribution is 2.38. The van der Waals surface area contributed by atoms with Crippen LogP contribution < -0.4 is 9.47 Å². The lowest BCUT2D eigenvalue weighted by Gasteiger charge is -2.18. The van der Waals surface area contributed by atoms with E-state index in [4.69, 9.17) is 9.47 Å². The Morgan fingerprint density at radius 1 is 0.950 bits per heavy atom. The van der Waals surface area contributed by atoms with Gasteiger partial charge in [0.05, 0.1) is 19.8 Å². The van der Waals surface area contributed by atoms with Gasteiger partial charge in [0.1, 0.15) is 17.7 Å². The van der Waals surface area contributed by atoms with E-state index in [1.807, 2.05) is 0 Å². The molecule has 1 N–H and O–H groups in total. The fourth-order valence-electron chi connectivity index (χ4n) is 2.05. The first-order chi connectivity index (χ1) is 9.60. The summed E-state index contributed by atoms with van der Waals surface area (Å²) in [6.07, 6.45) is -1.48. The van der Waals surface area contributed by atoms with Crippen LogP contribution >= 0.6 is 0 Å². The predicted octanol–water partition coefficient (Wildman–Crippen LogP) is 3.06. The van der Waals surface area contributed by atoms with Crippen LogP contribution in [0.15, 0.2) is 36.4 Å². The van der Waals surface area contributed by atoms with Gasteiger partial charge in [0, 0.05) is 5.56 Å². The number of aliphatic hydroxyl groups excluding tert-OH is 1. The minimum atomic E-state index is -1.48. The molecule has 0 saturated carbocycles. The van der Waals surface area contributed by atoms with Crippen molar-refractivity contribution in [2.75, 3.05) is 14.2 Å². The first-order valence-electron chi connectivity index (χ1n) is 5.93. The summed E-state index contributed by atoms with van der Waals surface area (Å²) in [5, 5.41) is 10.3. The Kier molecular flexibility index (Phi) is 4.20. The molecule has 0 heterocycles. The van der Waals surface area contributed by atoms with E-state index in [0.29, 0.717) is 5.75 Å². The van der Waals surface area contributed by atoms with Crippen LogP contribution in [0.25, 0.3) is 0 Å². The van der Waals surface area contributed by atoms with E-state index >= 15 is 0 Å². The SMILES string of the molecule is COc1cccc(C(O)c2c(F)cccc2F)c1OC. The van der Waals surface area contributed by atoms with Crippen LogP contribution in [-0.2, 0) is 0 Å². The molecule has 20 heavy (non-hydrogen) atoms. The molecular weight excluding hydrogens is 266 g/mol. The Hall–Kier alpha value is -2.14. The number of halogens is 2. The van der Waals surface area contributed by atoms with E-state index in [9.17, 15) is 13.9 Å². The Morgan fingerprint density at radius 2 is 1.55 bits per heavy atom. The largest absolute Gasteiger partial charge is 0.493 e. The summed E-state index contributed by atoms with van der Waals surface area (Å²) in [5.41, 5.74) is -0.185. The molecule has 0 saturated heterocycles. The number of benzene rings is 2. The van der Waals surface area contributed by atoms with Crippen LogP contribution in [0.2, 0.25) is 0 Å². The van der Waals surface area contributed by atoms with Crippen LogP contribution in [0, 0.1) is 11.6 Å². The molecule has 1 unspecified atom stereocenters. The van der Waals surface area contributed by atoms with E-state index in [2.05, 4.69) is 0 Å². The fraction of sp³-hybridized carbons (Fsp3) is 0.200. The lowest BCUT2D eigenvalue weighted by molar-refractivity contribution is 0.202. The van der Waals surface area contributed by atoms with Gasteiger partial charge in [-0.2, -0.15) is 0 Å². The number of methoxy groups -OCH3 is 2. The average Bonchev–Trinajstić information content (AvgIpc) is 2.45. The first kappa shape index (κ1) is 14.3. The third kappa shape index (κ3) is 2.44. The van der Waals surface area contributed by atoms with Crippen molar-refractivity contribution in [1.29, 1.82) is 0 Å². The molecule has 3 nitrogen and oxygen atoms in total. The zero-order valence-electron chi connectivity index (χ0n) is 11.1. The quantitative estimate of drug-likeness (QED) is 0.935. The van der Waals surface area contributed by atoms with Gasteiger partial charge in [-0.05, 0) is 18.2 Å². The summed E-state index contributed by atoms with van der Waals surface area (Å²) in [6.45, 7) is 0. The number of hydrogen-bond donors (Lipinski definition) is 1. The Labute approximate surface area is 115 Å². The third-order valence-electron chi connectivity index (χ3n) is 3.00. The molecule has 0 bridgehead atoms.